The molecule has 1 aromatic heterocycles. The number of nitrogens with one attached hydrogen (secondary N) is 1. The minimum atomic E-state index is 0.412. The number of nitrogens with two attached hydrogens (primary N) is 1. The molecule has 0 aliphatic rings. The van der Waals surface area contributed by atoms with Gasteiger partial charge in [0.15, 0.2) is 0 Å². The van der Waals surface area contributed by atoms with E-state index >= 15 is 0 Å². The number of hydrogen-bond acceptors (Lipinski definition) is 4. The first-order valence-corrected chi connectivity index (χ1v) is 7.74. The minimum absolute atomic E-state index is 0.412. The molecular formula is C15H17BrClN3O. The molecule has 0 aliphatic heterocycles. The molecule has 0 spiro atoms. The van der Waals surface area contributed by atoms with Gasteiger partial charge in [-0.15, -0.1) is 0 Å². The number of nitrogens with zero attached hydrogens (tertiary/aromatic N) is 1. The number of ether oxygens (including phenoxy) is 1. The number of nitrogen functional groups attached to an aromatic ring is 1. The molecule has 0 saturated carbocycles. The van der Waals surface area contributed by atoms with Crippen LogP contribution in [0.5, 0.6) is 5.88 Å². The zero-order valence-corrected chi connectivity index (χ0v) is 14.2. The van der Waals surface area contributed by atoms with Gasteiger partial charge in [-0.3, -0.25) is 0 Å². The fourth-order valence-corrected chi connectivity index (χ4v) is 2.10. The third-order valence-electron chi connectivity index (χ3n) is 2.64. The van der Waals surface area contributed by atoms with Crippen LogP contribution in [0.3, 0.4) is 0 Å². The van der Waals surface area contributed by atoms with Crippen LogP contribution in [0.25, 0.3) is 0 Å². The van der Waals surface area contributed by atoms with Crippen molar-refractivity contribution < 1.29 is 4.74 Å². The number of halogens is 2. The molecule has 0 saturated heterocycles. The van der Waals surface area contributed by atoms with E-state index in [4.69, 9.17) is 22.1 Å². The highest BCUT2D eigenvalue weighted by molar-refractivity contribution is 9.10. The summed E-state index contributed by atoms with van der Waals surface area (Å²) in [4.78, 5) is 4.38. The van der Waals surface area contributed by atoms with Gasteiger partial charge in [-0.1, -0.05) is 25.4 Å². The van der Waals surface area contributed by atoms with Crippen LogP contribution in [0, 0.1) is 5.92 Å². The van der Waals surface area contributed by atoms with Gasteiger partial charge in [0.1, 0.15) is 5.82 Å². The number of benzene rings is 1. The molecule has 0 unspecified atom stereocenters. The first-order chi connectivity index (χ1) is 9.95. The van der Waals surface area contributed by atoms with Crippen molar-refractivity contribution in [3.8, 4) is 5.88 Å². The number of rotatable bonds is 5. The molecule has 0 radical (unpaired) electrons. The Labute approximate surface area is 137 Å². The summed E-state index contributed by atoms with van der Waals surface area (Å²) in [6, 6.07) is 9.15. The van der Waals surface area contributed by atoms with Crippen LogP contribution in [0.15, 0.2) is 34.8 Å². The van der Waals surface area contributed by atoms with Gasteiger partial charge >= 0.3 is 0 Å². The van der Waals surface area contributed by atoms with E-state index in [1.54, 1.807) is 18.2 Å². The highest BCUT2D eigenvalue weighted by atomic mass is 79.9. The Bertz CT molecular complexity index is 634. The lowest BCUT2D eigenvalue weighted by Crippen LogP contribution is -2.08. The zero-order valence-electron chi connectivity index (χ0n) is 11.9. The van der Waals surface area contributed by atoms with Crippen molar-refractivity contribution in [3.63, 3.8) is 0 Å². The average Bonchev–Trinajstić information content (AvgIpc) is 2.43. The second kappa shape index (κ2) is 7.00. The van der Waals surface area contributed by atoms with Crippen molar-refractivity contribution in [2.75, 3.05) is 17.7 Å². The van der Waals surface area contributed by atoms with Crippen molar-refractivity contribution in [2.45, 2.75) is 13.8 Å². The second-order valence-electron chi connectivity index (χ2n) is 5.05. The van der Waals surface area contributed by atoms with Gasteiger partial charge < -0.3 is 15.8 Å². The largest absolute Gasteiger partial charge is 0.476 e. The van der Waals surface area contributed by atoms with E-state index in [1.807, 2.05) is 12.1 Å². The maximum atomic E-state index is 5.97. The summed E-state index contributed by atoms with van der Waals surface area (Å²) < 4.78 is 6.43. The topological polar surface area (TPSA) is 60.2 Å². The molecule has 21 heavy (non-hydrogen) atoms. The highest BCUT2D eigenvalue weighted by Crippen LogP contribution is 2.28. The van der Waals surface area contributed by atoms with E-state index in [1.165, 1.54) is 0 Å². The summed E-state index contributed by atoms with van der Waals surface area (Å²) in [6.45, 7) is 4.72. The van der Waals surface area contributed by atoms with Crippen LogP contribution in [0.1, 0.15) is 13.8 Å². The van der Waals surface area contributed by atoms with Crippen LogP contribution in [-0.2, 0) is 0 Å². The second-order valence-corrected chi connectivity index (χ2v) is 6.31. The van der Waals surface area contributed by atoms with Crippen LogP contribution >= 0.6 is 27.5 Å². The molecule has 0 amide bonds. The maximum absolute atomic E-state index is 5.97. The maximum Gasteiger partial charge on any atom is 0.239 e. The Kier molecular flexibility index (Phi) is 5.31. The van der Waals surface area contributed by atoms with Crippen molar-refractivity contribution in [2.24, 2.45) is 5.92 Å². The molecule has 0 fully saturated rings. The van der Waals surface area contributed by atoms with Crippen LogP contribution in [0.4, 0.5) is 17.2 Å². The van der Waals surface area contributed by atoms with Crippen LogP contribution < -0.4 is 15.8 Å². The molecule has 1 heterocycles. The summed E-state index contributed by atoms with van der Waals surface area (Å²) >= 11 is 9.36. The van der Waals surface area contributed by atoms with Crippen LogP contribution in [-0.4, -0.2) is 11.6 Å². The number of hydrogen-bond donors (Lipinski definition) is 2. The summed E-state index contributed by atoms with van der Waals surface area (Å²) in [5.74, 6) is 1.52. The predicted molar refractivity (Wildman–Crippen MR) is 91.4 cm³/mol. The van der Waals surface area contributed by atoms with Crippen molar-refractivity contribution in [1.82, 2.24) is 4.98 Å². The molecule has 0 bridgehead atoms. The molecule has 2 rings (SSSR count). The monoisotopic (exact) mass is 369 g/mol. The Balaban J connectivity index is 2.16. The molecule has 1 aromatic carbocycles. The van der Waals surface area contributed by atoms with Gasteiger partial charge in [0.2, 0.25) is 5.88 Å². The summed E-state index contributed by atoms with van der Waals surface area (Å²) in [5.41, 5.74) is 7.27. The van der Waals surface area contributed by atoms with Crippen molar-refractivity contribution in [1.29, 1.82) is 0 Å². The van der Waals surface area contributed by atoms with Gasteiger partial charge in [0.05, 0.1) is 17.3 Å². The lowest BCUT2D eigenvalue weighted by atomic mass is 10.2. The molecule has 3 N–H and O–H groups in total. The van der Waals surface area contributed by atoms with E-state index in [-0.39, 0.29) is 0 Å². The summed E-state index contributed by atoms with van der Waals surface area (Å²) in [6.07, 6.45) is 0. The predicted octanol–water partition coefficient (Wildman–Crippen LogP) is 4.86. The third kappa shape index (κ3) is 4.51. The molecule has 112 valence electrons. The molecule has 6 heteroatoms. The first-order valence-electron chi connectivity index (χ1n) is 6.57. The Morgan fingerprint density at radius 1 is 1.33 bits per heavy atom. The quantitative estimate of drug-likeness (QED) is 0.789. The zero-order chi connectivity index (χ0) is 15.4. The Morgan fingerprint density at radius 3 is 2.76 bits per heavy atom. The minimum Gasteiger partial charge on any atom is -0.476 e. The first kappa shape index (κ1) is 15.9. The Hall–Kier alpha value is -1.46. The molecule has 2 aromatic rings. The van der Waals surface area contributed by atoms with Crippen molar-refractivity contribution >= 4 is 44.7 Å². The number of aromatic nitrogens is 1. The van der Waals surface area contributed by atoms with E-state index in [9.17, 15) is 0 Å². The van der Waals surface area contributed by atoms with Gasteiger partial charge in [-0.25, -0.2) is 0 Å². The summed E-state index contributed by atoms with van der Waals surface area (Å²) in [7, 11) is 0. The van der Waals surface area contributed by atoms with Crippen molar-refractivity contribution in [3.05, 3.63) is 39.8 Å². The van der Waals surface area contributed by atoms with E-state index < -0.39 is 0 Å². The molecule has 0 atom stereocenters. The van der Waals surface area contributed by atoms with Crippen LogP contribution in [0.2, 0.25) is 5.02 Å². The third-order valence-corrected chi connectivity index (χ3v) is 3.85. The van der Waals surface area contributed by atoms with E-state index in [0.717, 1.165) is 10.2 Å². The lowest BCUT2D eigenvalue weighted by Gasteiger charge is -2.12. The smallest absolute Gasteiger partial charge is 0.239 e. The molecule has 4 nitrogen and oxygen atoms in total. The molecular weight excluding hydrogens is 354 g/mol. The number of pyridine rings is 1. The number of anilines is 3. The fraction of sp³-hybridized carbons (Fsp3) is 0.267. The normalized spacial score (nSPS) is 10.7. The van der Waals surface area contributed by atoms with Gasteiger partial charge in [-0.2, -0.15) is 4.98 Å². The van der Waals surface area contributed by atoms with E-state index in [2.05, 4.69) is 40.1 Å². The molecule has 0 aliphatic carbocycles. The Morgan fingerprint density at radius 2 is 2.10 bits per heavy atom. The standard InChI is InChI=1S/C15H17BrClN3O/c1-9(2)8-21-15-13(18)5-6-14(20-15)19-10-3-4-12(17)11(16)7-10/h3-7,9H,8,18H2,1-2H3,(H,19,20). The lowest BCUT2D eigenvalue weighted by molar-refractivity contribution is 0.263. The van der Waals surface area contributed by atoms with Gasteiger partial charge in [0, 0.05) is 10.2 Å². The fourth-order valence-electron chi connectivity index (χ4n) is 1.60. The SMILES string of the molecule is CC(C)COc1nc(Nc2ccc(Cl)c(Br)c2)ccc1N. The van der Waals surface area contributed by atoms with E-state index in [0.29, 0.717) is 34.9 Å². The average molecular weight is 371 g/mol. The summed E-state index contributed by atoms with van der Waals surface area (Å²) in [5, 5.41) is 3.85. The highest BCUT2D eigenvalue weighted by Gasteiger charge is 2.07. The van der Waals surface area contributed by atoms with Gasteiger partial charge in [0.25, 0.3) is 0 Å². The van der Waals surface area contributed by atoms with Gasteiger partial charge in [-0.05, 0) is 52.2 Å².